The Kier molecular flexibility index (Phi) is 2.22. The van der Waals surface area contributed by atoms with Gasteiger partial charge in [-0.25, -0.2) is 0 Å². The van der Waals surface area contributed by atoms with Gasteiger partial charge in [-0.05, 0) is 18.2 Å². The lowest BCUT2D eigenvalue weighted by Crippen LogP contribution is -1.92. The van der Waals surface area contributed by atoms with Gasteiger partial charge >= 0.3 is 0 Å². The molecule has 5 nitrogen and oxygen atoms in total. The maximum Gasteiger partial charge on any atom is 0.266 e. The number of hydrogen-bond donors (Lipinski definition) is 0. The molecule has 3 aromatic rings. The highest BCUT2D eigenvalue weighted by Crippen LogP contribution is 2.22. The molecule has 0 amide bonds. The fraction of sp³-hybridized carbons (Fsp3) is 0.0833. The highest BCUT2D eigenvalue weighted by Gasteiger charge is 2.12. The van der Waals surface area contributed by atoms with Crippen LogP contribution in [-0.4, -0.2) is 20.0 Å². The molecule has 5 heteroatoms. The van der Waals surface area contributed by atoms with Crippen LogP contribution in [0.1, 0.15) is 0 Å². The van der Waals surface area contributed by atoms with E-state index in [1.807, 2.05) is 43.4 Å². The summed E-state index contributed by atoms with van der Waals surface area (Å²) in [5, 5.41) is 12.1. The molecule has 0 unspecified atom stereocenters. The second-order valence-corrected chi connectivity index (χ2v) is 3.62. The average Bonchev–Trinajstić information content (AvgIpc) is 2.98. The Morgan fingerprint density at radius 1 is 1.00 bits per heavy atom. The van der Waals surface area contributed by atoms with Gasteiger partial charge in [0.25, 0.3) is 5.89 Å². The van der Waals surface area contributed by atoms with Crippen molar-refractivity contribution >= 4 is 0 Å². The van der Waals surface area contributed by atoms with Gasteiger partial charge in [0.05, 0.1) is 0 Å². The molecule has 1 aromatic carbocycles. The highest BCUT2D eigenvalue weighted by molar-refractivity contribution is 5.55. The van der Waals surface area contributed by atoms with Gasteiger partial charge in [-0.2, -0.15) is 5.10 Å². The molecule has 0 aliphatic carbocycles. The third-order valence-corrected chi connectivity index (χ3v) is 2.49. The Morgan fingerprint density at radius 2 is 1.76 bits per heavy atom. The van der Waals surface area contributed by atoms with E-state index in [2.05, 4.69) is 15.3 Å². The van der Waals surface area contributed by atoms with Gasteiger partial charge in [0.15, 0.2) is 0 Å². The molecule has 84 valence electrons. The van der Waals surface area contributed by atoms with Crippen molar-refractivity contribution in [2.45, 2.75) is 0 Å². The smallest absolute Gasteiger partial charge is 0.266 e. The van der Waals surface area contributed by atoms with Crippen LogP contribution in [0.2, 0.25) is 0 Å². The number of benzene rings is 1. The molecule has 0 aliphatic heterocycles. The van der Waals surface area contributed by atoms with Crippen molar-refractivity contribution in [2.75, 3.05) is 0 Å². The molecule has 0 spiro atoms. The van der Waals surface area contributed by atoms with Crippen molar-refractivity contribution in [1.82, 2.24) is 20.0 Å². The molecular formula is C12H10N4O. The lowest BCUT2D eigenvalue weighted by atomic mass is 10.2. The zero-order chi connectivity index (χ0) is 11.7. The fourth-order valence-electron chi connectivity index (χ4n) is 1.61. The standard InChI is InChI=1S/C12H10N4O/c1-16-10(7-8-13-16)12-15-14-11(17-12)9-5-3-2-4-6-9/h2-8H,1H3. The Labute approximate surface area is 97.7 Å². The van der Waals surface area contributed by atoms with Gasteiger partial charge in [0, 0.05) is 18.8 Å². The van der Waals surface area contributed by atoms with Gasteiger partial charge < -0.3 is 4.42 Å². The van der Waals surface area contributed by atoms with E-state index in [0.29, 0.717) is 11.8 Å². The van der Waals surface area contributed by atoms with Crippen LogP contribution in [-0.2, 0) is 7.05 Å². The largest absolute Gasteiger partial charge is 0.415 e. The first-order chi connectivity index (χ1) is 8.34. The number of nitrogens with zero attached hydrogens (tertiary/aromatic N) is 4. The monoisotopic (exact) mass is 226 g/mol. The topological polar surface area (TPSA) is 56.7 Å². The normalized spacial score (nSPS) is 10.6. The van der Waals surface area contributed by atoms with Crippen molar-refractivity contribution < 1.29 is 4.42 Å². The highest BCUT2D eigenvalue weighted by atomic mass is 16.4. The lowest BCUT2D eigenvalue weighted by molar-refractivity contribution is 0.575. The summed E-state index contributed by atoms with van der Waals surface area (Å²) < 4.78 is 7.31. The van der Waals surface area contributed by atoms with E-state index in [1.54, 1.807) is 10.9 Å². The maximum absolute atomic E-state index is 5.61. The van der Waals surface area contributed by atoms with Crippen LogP contribution in [0.15, 0.2) is 47.0 Å². The molecule has 0 atom stereocenters. The van der Waals surface area contributed by atoms with Crippen molar-refractivity contribution in [2.24, 2.45) is 7.05 Å². The molecular weight excluding hydrogens is 216 g/mol. The zero-order valence-corrected chi connectivity index (χ0v) is 9.24. The Hall–Kier alpha value is -2.43. The van der Waals surface area contributed by atoms with Crippen LogP contribution in [0, 0.1) is 0 Å². The molecule has 2 aromatic heterocycles. The third-order valence-electron chi connectivity index (χ3n) is 2.49. The first-order valence-corrected chi connectivity index (χ1v) is 5.22. The van der Waals surface area contributed by atoms with E-state index in [0.717, 1.165) is 11.3 Å². The van der Waals surface area contributed by atoms with Crippen molar-refractivity contribution in [1.29, 1.82) is 0 Å². The van der Waals surface area contributed by atoms with Crippen LogP contribution in [0.25, 0.3) is 23.0 Å². The van der Waals surface area contributed by atoms with Crippen LogP contribution in [0.5, 0.6) is 0 Å². The summed E-state index contributed by atoms with van der Waals surface area (Å²) in [6.07, 6.45) is 1.70. The first kappa shape index (κ1) is 9.77. The van der Waals surface area contributed by atoms with E-state index in [1.165, 1.54) is 0 Å². The molecule has 0 saturated carbocycles. The summed E-state index contributed by atoms with van der Waals surface area (Å²) in [7, 11) is 1.84. The molecule has 0 bridgehead atoms. The second kappa shape index (κ2) is 3.86. The zero-order valence-electron chi connectivity index (χ0n) is 9.24. The quantitative estimate of drug-likeness (QED) is 0.671. The van der Waals surface area contributed by atoms with Gasteiger partial charge in [-0.3, -0.25) is 4.68 Å². The van der Waals surface area contributed by atoms with E-state index in [9.17, 15) is 0 Å². The van der Waals surface area contributed by atoms with Gasteiger partial charge in [-0.15, -0.1) is 10.2 Å². The van der Waals surface area contributed by atoms with Gasteiger partial charge in [0.1, 0.15) is 5.69 Å². The van der Waals surface area contributed by atoms with Crippen LogP contribution in [0.4, 0.5) is 0 Å². The van der Waals surface area contributed by atoms with E-state index in [-0.39, 0.29) is 0 Å². The Balaban J connectivity index is 2.02. The lowest BCUT2D eigenvalue weighted by Gasteiger charge is -1.94. The van der Waals surface area contributed by atoms with Crippen molar-refractivity contribution in [3.05, 3.63) is 42.6 Å². The van der Waals surface area contributed by atoms with Crippen LogP contribution < -0.4 is 0 Å². The molecule has 0 saturated heterocycles. The summed E-state index contributed by atoms with van der Waals surface area (Å²) in [6.45, 7) is 0. The van der Waals surface area contributed by atoms with E-state index >= 15 is 0 Å². The number of rotatable bonds is 2. The summed E-state index contributed by atoms with van der Waals surface area (Å²) in [4.78, 5) is 0. The number of aromatic nitrogens is 4. The molecule has 0 aliphatic rings. The summed E-state index contributed by atoms with van der Waals surface area (Å²) in [5.41, 5.74) is 1.72. The second-order valence-electron chi connectivity index (χ2n) is 3.62. The molecule has 0 fully saturated rings. The van der Waals surface area contributed by atoms with Crippen molar-refractivity contribution in [3.63, 3.8) is 0 Å². The summed E-state index contributed by atoms with van der Waals surface area (Å²) in [5.74, 6) is 0.991. The molecule has 2 heterocycles. The van der Waals surface area contributed by atoms with Crippen molar-refractivity contribution in [3.8, 4) is 23.0 Å². The molecule has 3 rings (SSSR count). The predicted octanol–water partition coefficient (Wildman–Crippen LogP) is 2.14. The number of hydrogen-bond acceptors (Lipinski definition) is 4. The Bertz CT molecular complexity index is 627. The van der Waals surface area contributed by atoms with E-state index < -0.39 is 0 Å². The van der Waals surface area contributed by atoms with Crippen LogP contribution in [0.3, 0.4) is 0 Å². The average molecular weight is 226 g/mol. The predicted molar refractivity (Wildman–Crippen MR) is 61.9 cm³/mol. The van der Waals surface area contributed by atoms with Gasteiger partial charge in [-0.1, -0.05) is 18.2 Å². The molecule has 0 N–H and O–H groups in total. The van der Waals surface area contributed by atoms with Gasteiger partial charge in [0.2, 0.25) is 5.89 Å². The van der Waals surface area contributed by atoms with Crippen LogP contribution >= 0.6 is 0 Å². The molecule has 17 heavy (non-hydrogen) atoms. The summed E-state index contributed by atoms with van der Waals surface area (Å²) in [6, 6.07) is 11.5. The maximum atomic E-state index is 5.61. The minimum Gasteiger partial charge on any atom is -0.415 e. The summed E-state index contributed by atoms with van der Waals surface area (Å²) >= 11 is 0. The first-order valence-electron chi connectivity index (χ1n) is 5.22. The minimum absolute atomic E-state index is 0.476. The number of aryl methyl sites for hydroxylation is 1. The fourth-order valence-corrected chi connectivity index (χ4v) is 1.61. The SMILES string of the molecule is Cn1nccc1-c1nnc(-c2ccccc2)o1. The third kappa shape index (κ3) is 1.71. The molecule has 0 radical (unpaired) electrons. The Morgan fingerprint density at radius 3 is 2.47 bits per heavy atom. The van der Waals surface area contributed by atoms with E-state index in [4.69, 9.17) is 4.42 Å². The minimum atomic E-state index is 0.476.